The molecule has 3 heterocycles. The minimum Gasteiger partial charge on any atom is -0.322 e. The van der Waals surface area contributed by atoms with Crippen molar-refractivity contribution in [3.05, 3.63) is 58.0 Å². The normalized spacial score (nSPS) is 15.1. The predicted molar refractivity (Wildman–Crippen MR) is 108 cm³/mol. The number of anilines is 1. The van der Waals surface area contributed by atoms with E-state index in [4.69, 9.17) is 4.98 Å². The molecule has 0 atom stereocenters. The molecule has 0 unspecified atom stereocenters. The summed E-state index contributed by atoms with van der Waals surface area (Å²) in [6.07, 6.45) is 0. The zero-order valence-electron chi connectivity index (χ0n) is 14.6. The summed E-state index contributed by atoms with van der Waals surface area (Å²) < 4.78 is 12.9. The van der Waals surface area contributed by atoms with E-state index in [1.807, 2.05) is 0 Å². The van der Waals surface area contributed by atoms with Crippen LogP contribution in [0.3, 0.4) is 0 Å². The van der Waals surface area contributed by atoms with Crippen LogP contribution in [0.15, 0.2) is 46.5 Å². The molecule has 1 aliphatic heterocycles. The largest absolute Gasteiger partial charge is 0.322 e. The highest BCUT2D eigenvalue weighted by Gasteiger charge is 2.22. The first-order chi connectivity index (χ1) is 13.2. The third kappa shape index (κ3) is 4.52. The van der Waals surface area contributed by atoms with Gasteiger partial charge in [-0.1, -0.05) is 0 Å². The molecule has 1 fully saturated rings. The highest BCUT2D eigenvalue weighted by atomic mass is 32.1. The second-order valence-electron chi connectivity index (χ2n) is 6.36. The van der Waals surface area contributed by atoms with Crippen molar-refractivity contribution in [2.45, 2.75) is 6.54 Å². The van der Waals surface area contributed by atoms with Crippen LogP contribution in [-0.4, -0.2) is 47.0 Å². The molecule has 2 amide bonds. The van der Waals surface area contributed by atoms with Gasteiger partial charge in [0, 0.05) is 54.7 Å². The third-order valence-corrected chi connectivity index (χ3v) is 6.08. The topological polar surface area (TPSA) is 48.5 Å². The van der Waals surface area contributed by atoms with E-state index in [1.54, 1.807) is 39.7 Å². The molecule has 1 aromatic carbocycles. The number of halogens is 1. The van der Waals surface area contributed by atoms with E-state index in [-0.39, 0.29) is 11.8 Å². The van der Waals surface area contributed by atoms with Crippen molar-refractivity contribution in [1.82, 2.24) is 14.8 Å². The quantitative estimate of drug-likeness (QED) is 0.705. The Hall–Kier alpha value is -2.29. The van der Waals surface area contributed by atoms with Crippen molar-refractivity contribution in [1.29, 1.82) is 0 Å². The average Bonchev–Trinajstić information content (AvgIpc) is 3.36. The van der Waals surface area contributed by atoms with E-state index in [0.29, 0.717) is 18.8 Å². The Morgan fingerprint density at radius 3 is 2.59 bits per heavy atom. The first-order valence-corrected chi connectivity index (χ1v) is 10.5. The molecule has 0 radical (unpaired) electrons. The van der Waals surface area contributed by atoms with Crippen molar-refractivity contribution in [3.63, 3.8) is 0 Å². The van der Waals surface area contributed by atoms with Gasteiger partial charge in [-0.05, 0) is 35.7 Å². The number of carbonyl (C=O) groups excluding carboxylic acids is 1. The molecular weight excluding hydrogens is 383 g/mol. The molecule has 0 saturated carbocycles. The SMILES string of the molecule is O=C(Nc1ccc(F)cc1)N1CCN(Cc2csc(-c3ccsc3)n2)CC1. The molecule has 8 heteroatoms. The van der Waals surface area contributed by atoms with Gasteiger partial charge in [0.1, 0.15) is 10.8 Å². The molecule has 5 nitrogen and oxygen atoms in total. The summed E-state index contributed by atoms with van der Waals surface area (Å²) in [6.45, 7) is 3.74. The Morgan fingerprint density at radius 1 is 1.11 bits per heavy atom. The lowest BCUT2D eigenvalue weighted by Gasteiger charge is -2.34. The Labute approximate surface area is 165 Å². The van der Waals surface area contributed by atoms with Crippen LogP contribution in [0.2, 0.25) is 0 Å². The van der Waals surface area contributed by atoms with Gasteiger partial charge in [-0.25, -0.2) is 14.2 Å². The standard InChI is InChI=1S/C19H19FN4OS2/c20-15-1-3-16(4-2-15)22-19(25)24-8-6-23(7-9-24)11-17-13-27-18(21-17)14-5-10-26-12-14/h1-5,10,12-13H,6-9,11H2,(H,22,25). The maximum absolute atomic E-state index is 12.9. The van der Waals surface area contributed by atoms with Gasteiger partial charge in [0.2, 0.25) is 0 Å². The number of amides is 2. The zero-order chi connectivity index (χ0) is 18.6. The number of carbonyl (C=O) groups is 1. The molecule has 0 aliphatic carbocycles. The summed E-state index contributed by atoms with van der Waals surface area (Å²) in [5.74, 6) is -0.314. The lowest BCUT2D eigenvalue weighted by molar-refractivity contribution is 0.142. The van der Waals surface area contributed by atoms with Gasteiger partial charge in [0.15, 0.2) is 0 Å². The van der Waals surface area contributed by atoms with E-state index in [2.05, 4.69) is 32.4 Å². The Kier molecular flexibility index (Phi) is 5.47. The van der Waals surface area contributed by atoms with Crippen molar-refractivity contribution in [2.24, 2.45) is 0 Å². The average molecular weight is 403 g/mol. The van der Waals surface area contributed by atoms with Crippen molar-refractivity contribution < 1.29 is 9.18 Å². The van der Waals surface area contributed by atoms with E-state index in [1.165, 1.54) is 17.7 Å². The van der Waals surface area contributed by atoms with Gasteiger partial charge in [-0.3, -0.25) is 4.90 Å². The van der Waals surface area contributed by atoms with E-state index in [0.717, 1.165) is 30.3 Å². The number of urea groups is 1. The number of aromatic nitrogens is 1. The molecule has 1 saturated heterocycles. The molecule has 140 valence electrons. The van der Waals surface area contributed by atoms with Gasteiger partial charge in [0.25, 0.3) is 0 Å². The molecule has 0 spiro atoms. The van der Waals surface area contributed by atoms with Crippen molar-refractivity contribution in [3.8, 4) is 10.6 Å². The van der Waals surface area contributed by atoms with Crippen LogP contribution < -0.4 is 5.32 Å². The van der Waals surface area contributed by atoms with Crippen LogP contribution in [0.4, 0.5) is 14.9 Å². The van der Waals surface area contributed by atoms with Crippen LogP contribution >= 0.6 is 22.7 Å². The summed E-state index contributed by atoms with van der Waals surface area (Å²) >= 11 is 3.35. The maximum Gasteiger partial charge on any atom is 0.321 e. The van der Waals surface area contributed by atoms with Gasteiger partial charge in [0.05, 0.1) is 5.69 Å². The number of thiazole rings is 1. The summed E-state index contributed by atoms with van der Waals surface area (Å²) in [7, 11) is 0. The molecule has 2 aromatic heterocycles. The smallest absolute Gasteiger partial charge is 0.321 e. The summed E-state index contributed by atoms with van der Waals surface area (Å²) in [5, 5.41) is 10.2. The van der Waals surface area contributed by atoms with Crippen LogP contribution in [0.1, 0.15) is 5.69 Å². The molecule has 3 aromatic rings. The number of rotatable bonds is 4. The number of hydrogen-bond donors (Lipinski definition) is 1. The number of nitrogens with zero attached hydrogens (tertiary/aromatic N) is 3. The predicted octanol–water partition coefficient (Wildman–Crippen LogP) is 4.36. The molecule has 1 N–H and O–H groups in total. The van der Waals surface area contributed by atoms with Crippen LogP contribution in [-0.2, 0) is 6.54 Å². The Bertz CT molecular complexity index is 887. The highest BCUT2D eigenvalue weighted by molar-refractivity contribution is 7.14. The summed E-state index contributed by atoms with van der Waals surface area (Å²) in [4.78, 5) is 21.2. The molecule has 1 aliphatic rings. The fourth-order valence-electron chi connectivity index (χ4n) is 2.97. The number of piperazine rings is 1. The molecule has 27 heavy (non-hydrogen) atoms. The lowest BCUT2D eigenvalue weighted by atomic mass is 10.3. The molecule has 4 rings (SSSR count). The molecular formula is C19H19FN4OS2. The van der Waals surface area contributed by atoms with E-state index >= 15 is 0 Å². The monoisotopic (exact) mass is 402 g/mol. The Morgan fingerprint density at radius 2 is 1.89 bits per heavy atom. The van der Waals surface area contributed by atoms with E-state index < -0.39 is 0 Å². The number of nitrogens with one attached hydrogen (secondary N) is 1. The van der Waals surface area contributed by atoms with Crippen LogP contribution in [0.5, 0.6) is 0 Å². The minimum atomic E-state index is -0.314. The third-order valence-electron chi connectivity index (χ3n) is 4.46. The van der Waals surface area contributed by atoms with Crippen molar-refractivity contribution >= 4 is 34.4 Å². The van der Waals surface area contributed by atoms with Crippen LogP contribution in [0.25, 0.3) is 10.6 Å². The minimum absolute atomic E-state index is 0.144. The van der Waals surface area contributed by atoms with Gasteiger partial charge in [-0.15, -0.1) is 11.3 Å². The first kappa shape index (κ1) is 18.1. The van der Waals surface area contributed by atoms with Gasteiger partial charge < -0.3 is 10.2 Å². The lowest BCUT2D eigenvalue weighted by Crippen LogP contribution is -2.49. The second-order valence-corrected chi connectivity index (χ2v) is 7.99. The summed E-state index contributed by atoms with van der Waals surface area (Å²) in [5.41, 5.74) is 2.86. The highest BCUT2D eigenvalue weighted by Crippen LogP contribution is 2.26. The summed E-state index contributed by atoms with van der Waals surface area (Å²) in [6, 6.07) is 7.76. The van der Waals surface area contributed by atoms with E-state index in [9.17, 15) is 9.18 Å². The maximum atomic E-state index is 12.9. The van der Waals surface area contributed by atoms with Crippen LogP contribution in [0, 0.1) is 5.82 Å². The first-order valence-electron chi connectivity index (χ1n) is 8.68. The van der Waals surface area contributed by atoms with Gasteiger partial charge >= 0.3 is 6.03 Å². The Balaban J connectivity index is 1.27. The molecule has 0 bridgehead atoms. The second kappa shape index (κ2) is 8.16. The zero-order valence-corrected chi connectivity index (χ0v) is 16.2. The fourth-order valence-corrected chi connectivity index (χ4v) is 4.50. The fraction of sp³-hybridized carbons (Fsp3) is 0.263. The van der Waals surface area contributed by atoms with Crippen molar-refractivity contribution in [2.75, 3.05) is 31.5 Å². The number of thiophene rings is 1. The number of benzene rings is 1. The number of hydrogen-bond acceptors (Lipinski definition) is 5. The van der Waals surface area contributed by atoms with Gasteiger partial charge in [-0.2, -0.15) is 11.3 Å².